The lowest BCUT2D eigenvalue weighted by molar-refractivity contribution is 1.63. The summed E-state index contributed by atoms with van der Waals surface area (Å²) in [7, 11) is 0. The van der Waals surface area contributed by atoms with Gasteiger partial charge in [-0.3, -0.25) is 0 Å². The van der Waals surface area contributed by atoms with Crippen LogP contribution in [0, 0.1) is 0 Å². The van der Waals surface area contributed by atoms with E-state index in [4.69, 9.17) is 17.8 Å². The Kier molecular flexibility index (Phi) is 2.69. The predicted molar refractivity (Wildman–Crippen MR) is 155 cm³/mol. The van der Waals surface area contributed by atoms with Crippen molar-refractivity contribution >= 4 is 32.3 Å². The Morgan fingerprint density at radius 1 is 0.389 bits per heavy atom. The van der Waals surface area contributed by atoms with Crippen LogP contribution in [0.2, 0.25) is 0 Å². The molecule has 0 heteroatoms. The molecular weight excluding hydrogens is 432 g/mol. The van der Waals surface area contributed by atoms with Gasteiger partial charge in [-0.15, -0.1) is 0 Å². The van der Waals surface area contributed by atoms with Crippen molar-refractivity contribution in [3.05, 3.63) is 145 Å². The van der Waals surface area contributed by atoms with Crippen LogP contribution in [0.15, 0.2) is 145 Å². The molecule has 0 radical (unpaired) electrons. The summed E-state index contributed by atoms with van der Waals surface area (Å²) in [6.07, 6.45) is 0. The molecule has 0 unspecified atom stereocenters. The second-order valence-electron chi connectivity index (χ2n) is 8.36. The summed E-state index contributed by atoms with van der Waals surface area (Å²) in [6.45, 7) is 0. The van der Waals surface area contributed by atoms with E-state index in [2.05, 4.69) is 0 Å². The van der Waals surface area contributed by atoms with Gasteiger partial charge in [0.15, 0.2) is 0 Å². The maximum atomic E-state index is 9.14. The zero-order valence-electron chi connectivity index (χ0n) is 31.9. The highest BCUT2D eigenvalue weighted by Gasteiger charge is 2.16. The van der Waals surface area contributed by atoms with Gasteiger partial charge in [-0.25, -0.2) is 0 Å². The monoisotopic (exact) mass is 469 g/mol. The summed E-state index contributed by atoms with van der Waals surface area (Å²) in [5.74, 6) is 0. The molecule has 0 atom stereocenters. The molecule has 0 aliphatic heterocycles. The zero-order valence-corrected chi connectivity index (χ0v) is 18.9. The number of rotatable bonds is 3. The fourth-order valence-electron chi connectivity index (χ4n) is 4.86. The summed E-state index contributed by atoms with van der Waals surface area (Å²) in [4.78, 5) is 0. The molecule has 0 nitrogen and oxygen atoms in total. The van der Waals surface area contributed by atoms with Crippen LogP contribution in [-0.4, -0.2) is 0 Å². The standard InChI is InChI=1S/C36H24/c1-2-13-26(14-3-1)35-31-19-6-8-21-33(31)36(34-22-9-7-20-32(34)35)28-17-10-16-27(24-28)30-23-11-15-25-12-4-5-18-29(25)30/h1-24H/i1D,2D,3D,6D,7D,8D,9D,13D,14D,19D,20D,21D,22D. The molecule has 7 rings (SSSR count). The smallest absolute Gasteiger partial charge is 0.0622 e. The van der Waals surface area contributed by atoms with Crippen LogP contribution < -0.4 is 0 Å². The van der Waals surface area contributed by atoms with E-state index < -0.39 is 84.1 Å². The number of hydrogen-bond donors (Lipinski definition) is 0. The van der Waals surface area contributed by atoms with E-state index in [1.165, 1.54) is 0 Å². The first-order valence-electron chi connectivity index (χ1n) is 17.9. The van der Waals surface area contributed by atoms with Gasteiger partial charge in [-0.2, -0.15) is 0 Å². The molecule has 0 fully saturated rings. The predicted octanol–water partition coefficient (Wildman–Crippen LogP) is 10.1. The third-order valence-corrected chi connectivity index (χ3v) is 6.38. The van der Waals surface area contributed by atoms with Crippen LogP contribution in [0.5, 0.6) is 0 Å². The van der Waals surface area contributed by atoms with Gasteiger partial charge in [0.1, 0.15) is 0 Å². The van der Waals surface area contributed by atoms with E-state index in [1.807, 2.05) is 48.5 Å². The summed E-state index contributed by atoms with van der Waals surface area (Å²) in [5, 5.41) is 1.27. The van der Waals surface area contributed by atoms with Gasteiger partial charge in [0, 0.05) is 0 Å². The van der Waals surface area contributed by atoms with Crippen LogP contribution in [-0.2, 0) is 0 Å². The molecule has 36 heavy (non-hydrogen) atoms. The molecular formula is C36H24. The van der Waals surface area contributed by atoms with Gasteiger partial charge in [0.05, 0.1) is 17.8 Å². The fraction of sp³-hybridized carbons (Fsp3) is 0. The van der Waals surface area contributed by atoms with E-state index in [1.54, 1.807) is 18.2 Å². The van der Waals surface area contributed by atoms with E-state index in [9.17, 15) is 0 Å². The third-order valence-electron chi connectivity index (χ3n) is 6.38. The molecule has 0 heterocycles. The van der Waals surface area contributed by atoms with Crippen molar-refractivity contribution in [2.45, 2.75) is 0 Å². The minimum absolute atomic E-state index is 0.0993. The van der Waals surface area contributed by atoms with Crippen molar-refractivity contribution in [2.24, 2.45) is 0 Å². The topological polar surface area (TPSA) is 0 Å². The summed E-state index contributed by atoms with van der Waals surface area (Å²) >= 11 is 0. The van der Waals surface area contributed by atoms with E-state index in [-0.39, 0.29) is 32.7 Å². The van der Waals surface area contributed by atoms with Crippen LogP contribution in [0.1, 0.15) is 17.8 Å². The molecule has 7 aromatic rings. The molecule has 0 aromatic heterocycles. The zero-order chi connectivity index (χ0) is 35.2. The summed E-state index contributed by atoms with van der Waals surface area (Å²) in [6, 6.07) is 12.6. The molecule has 0 saturated carbocycles. The largest absolute Gasteiger partial charge is 0.0629 e. The minimum atomic E-state index is -0.703. The molecule has 0 aliphatic carbocycles. The first-order valence-corrected chi connectivity index (χ1v) is 11.4. The number of fused-ring (bicyclic) bond motifs is 3. The second-order valence-corrected chi connectivity index (χ2v) is 8.36. The number of benzene rings is 7. The molecule has 0 N–H and O–H groups in total. The van der Waals surface area contributed by atoms with Crippen molar-refractivity contribution in [1.82, 2.24) is 0 Å². The van der Waals surface area contributed by atoms with E-state index >= 15 is 0 Å². The molecule has 0 aliphatic rings. The summed E-state index contributed by atoms with van der Waals surface area (Å²) in [5.41, 5.74) is 1.37. The highest BCUT2D eigenvalue weighted by atomic mass is 14.2. The maximum Gasteiger partial charge on any atom is 0.0629 e. The Morgan fingerprint density at radius 3 is 1.61 bits per heavy atom. The average molecular weight is 470 g/mol. The van der Waals surface area contributed by atoms with Gasteiger partial charge in [0.2, 0.25) is 0 Å². The molecule has 7 aromatic carbocycles. The Hall–Kier alpha value is -4.68. The van der Waals surface area contributed by atoms with Crippen LogP contribution in [0.3, 0.4) is 0 Å². The van der Waals surface area contributed by atoms with Crippen LogP contribution in [0.4, 0.5) is 0 Å². The second kappa shape index (κ2) is 8.52. The van der Waals surface area contributed by atoms with Crippen molar-refractivity contribution in [2.75, 3.05) is 0 Å². The SMILES string of the molecule is [2H]c1c([2H])c([2H])c(-c2c3c([2H])c([2H])c([2H])c([2H])c3c(-c3cccc(-c4cccc5ccccc45)c3)c3c([2H])c([2H])c([2H])c([2H])c23)c([2H])c1[2H]. The van der Waals surface area contributed by atoms with Crippen LogP contribution >= 0.6 is 0 Å². The van der Waals surface area contributed by atoms with Gasteiger partial charge in [-0.05, 0) is 71.8 Å². The quantitative estimate of drug-likeness (QED) is 0.226. The highest BCUT2D eigenvalue weighted by molar-refractivity contribution is 6.21. The molecule has 168 valence electrons. The first kappa shape index (κ1) is 11.4. The maximum absolute atomic E-state index is 9.14. The van der Waals surface area contributed by atoms with Crippen LogP contribution in [0.25, 0.3) is 65.7 Å². The lowest BCUT2D eigenvalue weighted by atomic mass is 9.85. The summed E-state index contributed by atoms with van der Waals surface area (Å²) < 4.78 is 113. The third kappa shape index (κ3) is 3.31. The normalized spacial score (nSPS) is 16.4. The highest BCUT2D eigenvalue weighted by Crippen LogP contribution is 2.44. The van der Waals surface area contributed by atoms with Gasteiger partial charge in [-0.1, -0.05) is 139 Å². The molecule has 0 spiro atoms. The van der Waals surface area contributed by atoms with Gasteiger partial charge in [0.25, 0.3) is 0 Å². The molecule has 0 saturated heterocycles. The van der Waals surface area contributed by atoms with E-state index in [0.717, 1.165) is 21.9 Å². The molecule has 0 bridgehead atoms. The first-order chi connectivity index (χ1) is 23.3. The van der Waals surface area contributed by atoms with Crippen molar-refractivity contribution in [1.29, 1.82) is 0 Å². The minimum Gasteiger partial charge on any atom is -0.0622 e. The van der Waals surface area contributed by atoms with E-state index in [0.29, 0.717) is 5.56 Å². The van der Waals surface area contributed by atoms with Gasteiger partial charge < -0.3 is 0 Å². The lowest BCUT2D eigenvalue weighted by Gasteiger charge is -2.18. The number of hydrogen-bond acceptors (Lipinski definition) is 0. The Balaban J connectivity index is 1.77. The lowest BCUT2D eigenvalue weighted by Crippen LogP contribution is -1.91. The van der Waals surface area contributed by atoms with Crippen molar-refractivity contribution < 1.29 is 17.8 Å². The Bertz CT molecular complexity index is 2480. The Morgan fingerprint density at radius 2 is 0.917 bits per heavy atom. The fourth-order valence-corrected chi connectivity index (χ4v) is 4.86. The molecule has 0 amide bonds. The van der Waals surface area contributed by atoms with Gasteiger partial charge >= 0.3 is 0 Å². The average Bonchev–Trinajstić information content (AvgIpc) is 3.11. The van der Waals surface area contributed by atoms with Crippen molar-refractivity contribution in [3.8, 4) is 33.4 Å². The van der Waals surface area contributed by atoms with Crippen molar-refractivity contribution in [3.63, 3.8) is 0 Å². The Labute approximate surface area is 229 Å².